The minimum absolute atomic E-state index is 0.0113. The van der Waals surface area contributed by atoms with Gasteiger partial charge >= 0.3 is 11.9 Å². The topological polar surface area (TPSA) is 99.2 Å². The first-order valence-electron chi connectivity index (χ1n) is 8.44. The van der Waals surface area contributed by atoms with Gasteiger partial charge in [0.15, 0.2) is 11.6 Å². The van der Waals surface area contributed by atoms with E-state index in [0.717, 1.165) is 29.6 Å². The van der Waals surface area contributed by atoms with E-state index in [4.69, 9.17) is 9.47 Å². The second kappa shape index (κ2) is 9.37. The van der Waals surface area contributed by atoms with Gasteiger partial charge in [0.1, 0.15) is 6.54 Å². The number of esters is 2. The second-order valence-electron chi connectivity index (χ2n) is 5.65. The van der Waals surface area contributed by atoms with Crippen LogP contribution < -0.4 is 9.04 Å². The molecule has 2 rings (SSSR count). The van der Waals surface area contributed by atoms with Crippen molar-refractivity contribution in [1.29, 1.82) is 0 Å². The second-order valence-corrected chi connectivity index (χ2v) is 7.52. The molecule has 0 saturated heterocycles. The number of nitrogens with zero attached hydrogens (tertiary/aromatic N) is 1. The maximum atomic E-state index is 14.1. The Labute approximate surface area is 167 Å². The van der Waals surface area contributed by atoms with E-state index in [2.05, 4.69) is 4.74 Å². The number of halogens is 1. The summed E-state index contributed by atoms with van der Waals surface area (Å²) in [5, 5.41) is 0. The van der Waals surface area contributed by atoms with Crippen molar-refractivity contribution in [3.8, 4) is 5.75 Å². The van der Waals surface area contributed by atoms with E-state index >= 15 is 0 Å². The summed E-state index contributed by atoms with van der Waals surface area (Å²) in [5.74, 6) is -2.51. The fourth-order valence-electron chi connectivity index (χ4n) is 2.43. The summed E-state index contributed by atoms with van der Waals surface area (Å²) in [4.78, 5) is 23.4. The zero-order valence-corrected chi connectivity index (χ0v) is 16.9. The Balaban J connectivity index is 2.55. The number of hydrogen-bond donors (Lipinski definition) is 0. The van der Waals surface area contributed by atoms with Gasteiger partial charge in [-0.15, -0.1) is 0 Å². The molecule has 0 aromatic heterocycles. The Morgan fingerprint density at radius 3 is 2.41 bits per heavy atom. The van der Waals surface area contributed by atoms with E-state index < -0.39 is 39.2 Å². The number of methoxy groups -OCH3 is 2. The largest absolute Gasteiger partial charge is 0.494 e. The van der Waals surface area contributed by atoms with Crippen molar-refractivity contribution in [2.24, 2.45) is 0 Å². The number of rotatable bonds is 8. The van der Waals surface area contributed by atoms with Crippen LogP contribution in [0.5, 0.6) is 5.75 Å². The summed E-state index contributed by atoms with van der Waals surface area (Å²) in [6.45, 7) is 1.09. The Kier molecular flexibility index (Phi) is 7.16. The van der Waals surface area contributed by atoms with E-state index in [1.807, 2.05) is 0 Å². The molecule has 0 aliphatic carbocycles. The van der Waals surface area contributed by atoms with Crippen LogP contribution in [0.2, 0.25) is 0 Å². The van der Waals surface area contributed by atoms with Crippen molar-refractivity contribution < 1.29 is 36.6 Å². The maximum absolute atomic E-state index is 14.1. The van der Waals surface area contributed by atoms with Crippen molar-refractivity contribution in [2.75, 3.05) is 31.7 Å². The summed E-state index contributed by atoms with van der Waals surface area (Å²) in [6.07, 6.45) is 0. The lowest BCUT2D eigenvalue weighted by atomic mass is 10.2. The molecule has 0 aliphatic rings. The third kappa shape index (κ3) is 5.02. The van der Waals surface area contributed by atoms with Crippen LogP contribution in [0, 0.1) is 5.82 Å². The fourth-order valence-corrected chi connectivity index (χ4v) is 3.85. The lowest BCUT2D eigenvalue weighted by Crippen LogP contribution is -2.36. The highest BCUT2D eigenvalue weighted by Crippen LogP contribution is 2.27. The van der Waals surface area contributed by atoms with Crippen LogP contribution in [-0.4, -0.2) is 47.7 Å². The molecule has 0 fully saturated rings. The minimum atomic E-state index is -4.38. The highest BCUT2D eigenvalue weighted by atomic mass is 32.2. The summed E-state index contributed by atoms with van der Waals surface area (Å²) in [5.41, 5.74) is 0.104. The number of sulfonamides is 1. The first-order chi connectivity index (χ1) is 13.7. The number of benzene rings is 2. The van der Waals surface area contributed by atoms with Gasteiger partial charge in [-0.1, -0.05) is 6.07 Å². The third-order valence-electron chi connectivity index (χ3n) is 3.86. The van der Waals surface area contributed by atoms with Crippen LogP contribution >= 0.6 is 0 Å². The molecular weight excluding hydrogens is 405 g/mol. The minimum Gasteiger partial charge on any atom is -0.494 e. The molecule has 2 aromatic carbocycles. The molecule has 0 amide bonds. The van der Waals surface area contributed by atoms with Gasteiger partial charge in [-0.3, -0.25) is 9.10 Å². The van der Waals surface area contributed by atoms with E-state index in [0.29, 0.717) is 0 Å². The molecule has 8 nitrogen and oxygen atoms in total. The van der Waals surface area contributed by atoms with Crippen molar-refractivity contribution in [3.05, 3.63) is 53.8 Å². The predicted molar refractivity (Wildman–Crippen MR) is 102 cm³/mol. The van der Waals surface area contributed by atoms with Crippen molar-refractivity contribution in [3.63, 3.8) is 0 Å². The molecule has 0 atom stereocenters. The normalized spacial score (nSPS) is 10.9. The van der Waals surface area contributed by atoms with E-state index in [9.17, 15) is 22.4 Å². The van der Waals surface area contributed by atoms with Crippen molar-refractivity contribution in [1.82, 2.24) is 0 Å². The molecule has 0 saturated carbocycles. The standard InChI is InChI=1S/C19H20FNO7S/c1-4-28-19(23)13-6-5-7-14(10-13)21(12-18(22)27-3)29(24,25)15-8-9-17(26-2)16(20)11-15/h5-11H,4,12H2,1-3H3. The molecule has 0 unspecified atom stereocenters. The predicted octanol–water partition coefficient (Wildman–Crippen LogP) is 2.38. The van der Waals surface area contributed by atoms with Gasteiger partial charge in [-0.05, 0) is 43.3 Å². The zero-order chi connectivity index (χ0) is 21.6. The average molecular weight is 425 g/mol. The molecule has 0 heterocycles. The maximum Gasteiger partial charge on any atom is 0.338 e. The lowest BCUT2D eigenvalue weighted by molar-refractivity contribution is -0.138. The number of hydrogen-bond acceptors (Lipinski definition) is 7. The zero-order valence-electron chi connectivity index (χ0n) is 16.0. The highest BCUT2D eigenvalue weighted by molar-refractivity contribution is 7.92. The smallest absolute Gasteiger partial charge is 0.338 e. The average Bonchev–Trinajstić information content (AvgIpc) is 2.71. The number of carbonyl (C=O) groups excluding carboxylic acids is 2. The van der Waals surface area contributed by atoms with Gasteiger partial charge in [0.25, 0.3) is 10.0 Å². The summed E-state index contributed by atoms with van der Waals surface area (Å²) >= 11 is 0. The molecule has 10 heteroatoms. The molecule has 0 radical (unpaired) electrons. The van der Waals surface area contributed by atoms with Crippen LogP contribution in [0.4, 0.5) is 10.1 Å². The van der Waals surface area contributed by atoms with E-state index in [1.165, 1.54) is 31.4 Å². The van der Waals surface area contributed by atoms with Crippen LogP contribution in [-0.2, 0) is 24.3 Å². The van der Waals surface area contributed by atoms with Crippen molar-refractivity contribution >= 4 is 27.6 Å². The SMILES string of the molecule is CCOC(=O)c1cccc(N(CC(=O)OC)S(=O)(=O)c2ccc(OC)c(F)c2)c1. The van der Waals surface area contributed by atoms with Gasteiger partial charge < -0.3 is 14.2 Å². The molecule has 0 aliphatic heterocycles. The van der Waals surface area contributed by atoms with Crippen LogP contribution in [0.1, 0.15) is 17.3 Å². The van der Waals surface area contributed by atoms with Gasteiger partial charge in [0, 0.05) is 0 Å². The fraction of sp³-hybridized carbons (Fsp3) is 0.263. The van der Waals surface area contributed by atoms with E-state index in [1.54, 1.807) is 6.92 Å². The first-order valence-corrected chi connectivity index (χ1v) is 9.88. The van der Waals surface area contributed by atoms with Crippen LogP contribution in [0.25, 0.3) is 0 Å². The van der Waals surface area contributed by atoms with Gasteiger partial charge in [0.05, 0.1) is 37.0 Å². The Morgan fingerprint density at radius 2 is 1.83 bits per heavy atom. The van der Waals surface area contributed by atoms with Crippen LogP contribution in [0.3, 0.4) is 0 Å². The Hall–Kier alpha value is -3.14. The molecule has 29 heavy (non-hydrogen) atoms. The highest BCUT2D eigenvalue weighted by Gasteiger charge is 2.29. The van der Waals surface area contributed by atoms with Crippen LogP contribution in [0.15, 0.2) is 47.4 Å². The van der Waals surface area contributed by atoms with E-state index in [-0.39, 0.29) is 23.6 Å². The number of ether oxygens (including phenoxy) is 3. The monoisotopic (exact) mass is 425 g/mol. The summed E-state index contributed by atoms with van der Waals surface area (Å²) < 4.78 is 55.4. The lowest BCUT2D eigenvalue weighted by Gasteiger charge is -2.24. The number of anilines is 1. The quantitative estimate of drug-likeness (QED) is 0.599. The molecule has 0 spiro atoms. The molecule has 0 bridgehead atoms. The van der Waals surface area contributed by atoms with Gasteiger partial charge in [-0.2, -0.15) is 0 Å². The summed E-state index contributed by atoms with van der Waals surface area (Å²) in [7, 11) is -2.02. The van der Waals surface area contributed by atoms with Crippen molar-refractivity contribution in [2.45, 2.75) is 11.8 Å². The third-order valence-corrected chi connectivity index (χ3v) is 5.63. The summed E-state index contributed by atoms with van der Waals surface area (Å²) in [6, 6.07) is 8.63. The molecule has 156 valence electrons. The number of carbonyl (C=O) groups is 2. The molecule has 0 N–H and O–H groups in total. The first kappa shape index (κ1) is 22.2. The van der Waals surface area contributed by atoms with Gasteiger partial charge in [0.2, 0.25) is 0 Å². The van der Waals surface area contributed by atoms with Gasteiger partial charge in [-0.25, -0.2) is 17.6 Å². The Bertz CT molecular complexity index is 1010. The Morgan fingerprint density at radius 1 is 1.10 bits per heavy atom. The molecular formula is C19H20FNO7S. The molecule has 2 aromatic rings.